The second-order valence-corrected chi connectivity index (χ2v) is 6.53. The summed E-state index contributed by atoms with van der Waals surface area (Å²) in [4.78, 5) is -0.00806. The second kappa shape index (κ2) is 6.08. The number of nitrogen functional groups attached to an aromatic ring is 1. The van der Waals surface area contributed by atoms with Crippen LogP contribution < -0.4 is 5.73 Å². The number of hydrogen-bond acceptors (Lipinski definition) is 6. The maximum atomic E-state index is 12.6. The molecule has 2 rings (SSSR count). The lowest BCUT2D eigenvalue weighted by molar-refractivity contribution is 0.0109. The van der Waals surface area contributed by atoms with Crippen molar-refractivity contribution in [2.45, 2.75) is 30.8 Å². The topological polar surface area (TPSA) is 111 Å². The van der Waals surface area contributed by atoms with Gasteiger partial charge in [-0.25, -0.2) is 8.42 Å². The molecule has 1 saturated heterocycles. The van der Waals surface area contributed by atoms with Gasteiger partial charge in [-0.2, -0.15) is 9.40 Å². The lowest BCUT2D eigenvalue weighted by Gasteiger charge is -2.33. The molecule has 1 fully saturated rings. The molecule has 1 unspecified atom stereocenters. The van der Waals surface area contributed by atoms with Gasteiger partial charge in [0.15, 0.2) is 5.82 Å². The van der Waals surface area contributed by atoms with Crippen LogP contribution in [-0.2, 0) is 21.3 Å². The summed E-state index contributed by atoms with van der Waals surface area (Å²) in [5.41, 5.74) is 5.72. The summed E-state index contributed by atoms with van der Waals surface area (Å²) in [6.07, 6.45) is 2.27. The van der Waals surface area contributed by atoms with Crippen molar-refractivity contribution in [1.82, 2.24) is 14.1 Å². The number of ether oxygens (including phenoxy) is 1. The molecule has 9 heteroatoms. The van der Waals surface area contributed by atoms with Gasteiger partial charge in [-0.05, 0) is 6.42 Å². The Morgan fingerprint density at radius 3 is 3.00 bits per heavy atom. The number of morpholine rings is 1. The molecular formula is C11H20N4O4S. The Labute approximate surface area is 118 Å². The maximum absolute atomic E-state index is 12.6. The first-order chi connectivity index (χ1) is 9.50. The summed E-state index contributed by atoms with van der Waals surface area (Å²) in [6.45, 7) is 2.97. The van der Waals surface area contributed by atoms with Gasteiger partial charge in [-0.3, -0.25) is 4.68 Å². The summed E-state index contributed by atoms with van der Waals surface area (Å²) in [6, 6.07) is -0.581. The molecule has 0 bridgehead atoms. The molecule has 20 heavy (non-hydrogen) atoms. The van der Waals surface area contributed by atoms with Gasteiger partial charge in [0.1, 0.15) is 4.90 Å². The number of aromatic nitrogens is 2. The number of aliphatic hydroxyl groups excluding tert-OH is 1. The van der Waals surface area contributed by atoms with E-state index in [9.17, 15) is 13.5 Å². The molecule has 0 spiro atoms. The number of aliphatic hydroxyl groups is 1. The third-order valence-corrected chi connectivity index (χ3v) is 5.15. The minimum atomic E-state index is -3.77. The lowest BCUT2D eigenvalue weighted by Crippen LogP contribution is -2.50. The van der Waals surface area contributed by atoms with E-state index in [-0.39, 0.29) is 30.5 Å². The van der Waals surface area contributed by atoms with Gasteiger partial charge >= 0.3 is 0 Å². The van der Waals surface area contributed by atoms with Crippen molar-refractivity contribution in [2.24, 2.45) is 0 Å². The lowest BCUT2D eigenvalue weighted by atomic mass is 10.3. The van der Waals surface area contributed by atoms with Gasteiger partial charge in [-0.1, -0.05) is 6.92 Å². The fourth-order valence-corrected chi connectivity index (χ4v) is 3.83. The van der Waals surface area contributed by atoms with Crippen molar-refractivity contribution >= 4 is 15.8 Å². The van der Waals surface area contributed by atoms with E-state index < -0.39 is 16.1 Å². The van der Waals surface area contributed by atoms with Gasteiger partial charge in [-0.15, -0.1) is 0 Å². The van der Waals surface area contributed by atoms with Crippen molar-refractivity contribution in [3.8, 4) is 0 Å². The van der Waals surface area contributed by atoms with Crippen molar-refractivity contribution in [1.29, 1.82) is 0 Å². The molecule has 1 aliphatic rings. The molecule has 2 heterocycles. The number of sulfonamides is 1. The van der Waals surface area contributed by atoms with Gasteiger partial charge in [0.2, 0.25) is 10.0 Å². The standard InChI is InChI=1S/C11H20N4O4S/c1-2-3-14-6-10(11(12)13-14)20(17,18)15-4-5-19-8-9(15)7-16/h6,9,16H,2-5,7-8H2,1H3,(H2,12,13). The van der Waals surface area contributed by atoms with E-state index >= 15 is 0 Å². The Kier molecular flexibility index (Phi) is 4.63. The van der Waals surface area contributed by atoms with Crippen LogP contribution in [0.4, 0.5) is 5.82 Å². The van der Waals surface area contributed by atoms with Crippen LogP contribution in [0.2, 0.25) is 0 Å². The van der Waals surface area contributed by atoms with Gasteiger partial charge in [0, 0.05) is 19.3 Å². The normalized spacial score (nSPS) is 21.2. The van der Waals surface area contributed by atoms with Crippen molar-refractivity contribution in [3.05, 3.63) is 6.20 Å². The highest BCUT2D eigenvalue weighted by molar-refractivity contribution is 7.89. The Balaban J connectivity index is 2.33. The van der Waals surface area contributed by atoms with Gasteiger partial charge in [0.05, 0.1) is 25.9 Å². The van der Waals surface area contributed by atoms with Crippen LogP contribution in [0.25, 0.3) is 0 Å². The Hall–Kier alpha value is -1.16. The number of aryl methyl sites for hydroxylation is 1. The van der Waals surface area contributed by atoms with E-state index in [0.717, 1.165) is 6.42 Å². The quantitative estimate of drug-likeness (QED) is 0.741. The Morgan fingerprint density at radius 1 is 1.60 bits per heavy atom. The number of hydrogen-bond donors (Lipinski definition) is 2. The smallest absolute Gasteiger partial charge is 0.248 e. The summed E-state index contributed by atoms with van der Waals surface area (Å²) in [5, 5.41) is 13.3. The maximum Gasteiger partial charge on any atom is 0.248 e. The van der Waals surface area contributed by atoms with E-state index in [4.69, 9.17) is 10.5 Å². The molecule has 0 saturated carbocycles. The third kappa shape index (κ3) is 2.80. The van der Waals surface area contributed by atoms with E-state index in [0.29, 0.717) is 13.2 Å². The molecule has 0 amide bonds. The van der Waals surface area contributed by atoms with E-state index in [1.54, 1.807) is 0 Å². The summed E-state index contributed by atoms with van der Waals surface area (Å²) >= 11 is 0. The first kappa shape index (κ1) is 15.2. The van der Waals surface area contributed by atoms with Crippen LogP contribution in [0.15, 0.2) is 11.1 Å². The summed E-state index contributed by atoms with van der Waals surface area (Å²) < 4.78 is 33.2. The van der Waals surface area contributed by atoms with Crippen LogP contribution in [0.1, 0.15) is 13.3 Å². The SMILES string of the molecule is CCCn1cc(S(=O)(=O)N2CCOCC2CO)c(N)n1. The molecule has 0 aromatic carbocycles. The van der Waals surface area contributed by atoms with Crippen LogP contribution in [-0.4, -0.2) is 60.0 Å². The monoisotopic (exact) mass is 304 g/mol. The zero-order valence-electron chi connectivity index (χ0n) is 11.4. The second-order valence-electron chi connectivity index (χ2n) is 4.67. The average molecular weight is 304 g/mol. The van der Waals surface area contributed by atoms with Crippen LogP contribution >= 0.6 is 0 Å². The van der Waals surface area contributed by atoms with Crippen molar-refractivity contribution in [3.63, 3.8) is 0 Å². The minimum Gasteiger partial charge on any atom is -0.395 e. The third-order valence-electron chi connectivity index (χ3n) is 3.18. The van der Waals surface area contributed by atoms with Crippen molar-refractivity contribution in [2.75, 3.05) is 32.1 Å². The fourth-order valence-electron chi connectivity index (χ4n) is 2.19. The minimum absolute atomic E-state index is 0.00806. The average Bonchev–Trinajstić information content (AvgIpc) is 2.81. The van der Waals surface area contributed by atoms with Gasteiger partial charge < -0.3 is 15.6 Å². The van der Waals surface area contributed by atoms with E-state index in [2.05, 4.69) is 5.10 Å². The van der Waals surface area contributed by atoms with E-state index in [1.165, 1.54) is 15.2 Å². The molecule has 0 aliphatic carbocycles. The predicted molar refractivity (Wildman–Crippen MR) is 72.5 cm³/mol. The molecule has 0 radical (unpaired) electrons. The zero-order valence-corrected chi connectivity index (χ0v) is 12.2. The number of nitrogens with two attached hydrogens (primary N) is 1. The molecule has 1 aromatic heterocycles. The van der Waals surface area contributed by atoms with Gasteiger partial charge in [0.25, 0.3) is 0 Å². The summed E-state index contributed by atoms with van der Waals surface area (Å²) in [5.74, 6) is -0.0124. The Bertz CT molecular complexity index is 557. The number of nitrogens with zero attached hydrogens (tertiary/aromatic N) is 3. The molecule has 114 valence electrons. The highest BCUT2D eigenvalue weighted by atomic mass is 32.2. The van der Waals surface area contributed by atoms with Crippen molar-refractivity contribution < 1.29 is 18.3 Å². The molecule has 8 nitrogen and oxygen atoms in total. The highest BCUT2D eigenvalue weighted by Gasteiger charge is 2.36. The van der Waals surface area contributed by atoms with Crippen LogP contribution in [0, 0.1) is 0 Å². The molecule has 1 aliphatic heterocycles. The Morgan fingerprint density at radius 2 is 2.35 bits per heavy atom. The summed E-state index contributed by atoms with van der Waals surface area (Å²) in [7, 11) is -3.77. The van der Waals surface area contributed by atoms with E-state index in [1.807, 2.05) is 6.92 Å². The van der Waals surface area contributed by atoms with Crippen LogP contribution in [0.3, 0.4) is 0 Å². The molecule has 1 atom stereocenters. The molecular weight excluding hydrogens is 284 g/mol. The number of anilines is 1. The molecule has 1 aromatic rings. The largest absolute Gasteiger partial charge is 0.395 e. The van der Waals surface area contributed by atoms with Crippen LogP contribution in [0.5, 0.6) is 0 Å². The fraction of sp³-hybridized carbons (Fsp3) is 0.727. The zero-order chi connectivity index (χ0) is 14.8. The highest BCUT2D eigenvalue weighted by Crippen LogP contribution is 2.24. The molecule has 3 N–H and O–H groups in total. The first-order valence-corrected chi connectivity index (χ1v) is 7.98. The predicted octanol–water partition coefficient (Wildman–Crippen LogP) is -0.743. The number of rotatable bonds is 5. The first-order valence-electron chi connectivity index (χ1n) is 6.54.